The van der Waals surface area contributed by atoms with Crippen LogP contribution in [0.2, 0.25) is 0 Å². The van der Waals surface area contributed by atoms with E-state index >= 15 is 0 Å². The predicted octanol–water partition coefficient (Wildman–Crippen LogP) is 1.64. The zero-order valence-electron chi connectivity index (χ0n) is 12.6. The van der Waals surface area contributed by atoms with Gasteiger partial charge in [-0.05, 0) is 62.9 Å². The number of anilines is 1. The molecular weight excluding hydrogens is 262 g/mol. The summed E-state index contributed by atoms with van der Waals surface area (Å²) < 4.78 is 0. The van der Waals surface area contributed by atoms with Gasteiger partial charge in [-0.2, -0.15) is 0 Å². The van der Waals surface area contributed by atoms with Gasteiger partial charge in [0.15, 0.2) is 0 Å². The first kappa shape index (κ1) is 14.5. The SMILES string of the molecule is NCCC1CCN(CC(=O)N2CCc3ccccc32)CC1. The first-order valence-electron chi connectivity index (χ1n) is 8.08. The average Bonchev–Trinajstić information content (AvgIpc) is 2.93. The van der Waals surface area contributed by atoms with E-state index in [1.165, 1.54) is 18.4 Å². The summed E-state index contributed by atoms with van der Waals surface area (Å²) in [6.45, 7) is 4.25. The number of rotatable bonds is 4. The molecular formula is C17H25N3O. The van der Waals surface area contributed by atoms with Gasteiger partial charge in [-0.15, -0.1) is 0 Å². The number of carbonyl (C=O) groups excluding carboxylic acids is 1. The van der Waals surface area contributed by atoms with Crippen molar-refractivity contribution in [3.63, 3.8) is 0 Å². The van der Waals surface area contributed by atoms with Crippen molar-refractivity contribution in [3.8, 4) is 0 Å². The molecule has 3 rings (SSSR count). The summed E-state index contributed by atoms with van der Waals surface area (Å²) >= 11 is 0. The molecule has 1 aromatic carbocycles. The monoisotopic (exact) mass is 287 g/mol. The van der Waals surface area contributed by atoms with Gasteiger partial charge in [0.05, 0.1) is 6.54 Å². The van der Waals surface area contributed by atoms with Gasteiger partial charge < -0.3 is 10.6 Å². The van der Waals surface area contributed by atoms with Crippen molar-refractivity contribution in [2.45, 2.75) is 25.7 Å². The second-order valence-corrected chi connectivity index (χ2v) is 6.22. The van der Waals surface area contributed by atoms with E-state index in [2.05, 4.69) is 23.1 Å². The van der Waals surface area contributed by atoms with Crippen LogP contribution in [0.15, 0.2) is 24.3 Å². The summed E-state index contributed by atoms with van der Waals surface area (Å²) in [6, 6.07) is 8.26. The summed E-state index contributed by atoms with van der Waals surface area (Å²) in [4.78, 5) is 16.8. The van der Waals surface area contributed by atoms with Crippen LogP contribution in [0.1, 0.15) is 24.8 Å². The molecule has 114 valence electrons. The van der Waals surface area contributed by atoms with Gasteiger partial charge in [-0.25, -0.2) is 0 Å². The van der Waals surface area contributed by atoms with Gasteiger partial charge in [0, 0.05) is 12.2 Å². The van der Waals surface area contributed by atoms with Crippen LogP contribution in [0.5, 0.6) is 0 Å². The van der Waals surface area contributed by atoms with Crippen molar-refractivity contribution < 1.29 is 4.79 Å². The fourth-order valence-electron chi connectivity index (χ4n) is 3.54. The number of benzene rings is 1. The fourth-order valence-corrected chi connectivity index (χ4v) is 3.54. The van der Waals surface area contributed by atoms with E-state index in [1.807, 2.05) is 11.0 Å². The Hall–Kier alpha value is -1.39. The summed E-state index contributed by atoms with van der Waals surface area (Å²) in [5.74, 6) is 1.01. The van der Waals surface area contributed by atoms with Crippen molar-refractivity contribution in [3.05, 3.63) is 29.8 Å². The van der Waals surface area contributed by atoms with E-state index in [-0.39, 0.29) is 5.91 Å². The Kier molecular flexibility index (Phi) is 4.56. The molecule has 21 heavy (non-hydrogen) atoms. The molecule has 1 saturated heterocycles. The van der Waals surface area contributed by atoms with Crippen LogP contribution in [-0.4, -0.2) is 43.5 Å². The Bertz CT molecular complexity index is 495. The number of carbonyl (C=O) groups is 1. The molecule has 0 aromatic heterocycles. The molecule has 0 atom stereocenters. The molecule has 0 aliphatic carbocycles. The van der Waals surface area contributed by atoms with Gasteiger partial charge in [-0.1, -0.05) is 18.2 Å². The molecule has 1 aromatic rings. The van der Waals surface area contributed by atoms with Gasteiger partial charge in [0.1, 0.15) is 0 Å². The number of nitrogens with zero attached hydrogens (tertiary/aromatic N) is 2. The van der Waals surface area contributed by atoms with Crippen LogP contribution in [0.4, 0.5) is 5.69 Å². The highest BCUT2D eigenvalue weighted by atomic mass is 16.2. The third-order valence-corrected chi connectivity index (χ3v) is 4.83. The summed E-state index contributed by atoms with van der Waals surface area (Å²) in [7, 11) is 0. The number of fused-ring (bicyclic) bond motifs is 1. The molecule has 0 bridgehead atoms. The lowest BCUT2D eigenvalue weighted by Gasteiger charge is -2.32. The number of likely N-dealkylation sites (tertiary alicyclic amines) is 1. The lowest BCUT2D eigenvalue weighted by atomic mass is 9.94. The summed E-state index contributed by atoms with van der Waals surface area (Å²) in [5.41, 5.74) is 8.04. The Morgan fingerprint density at radius 2 is 1.95 bits per heavy atom. The highest BCUT2D eigenvalue weighted by molar-refractivity contribution is 5.96. The van der Waals surface area contributed by atoms with Crippen LogP contribution in [0.25, 0.3) is 0 Å². The van der Waals surface area contributed by atoms with Crippen molar-refractivity contribution in [2.24, 2.45) is 11.7 Å². The Morgan fingerprint density at radius 3 is 2.71 bits per heavy atom. The lowest BCUT2D eigenvalue weighted by molar-refractivity contribution is -0.120. The quantitative estimate of drug-likeness (QED) is 0.916. The van der Waals surface area contributed by atoms with E-state index in [0.717, 1.165) is 50.6 Å². The third kappa shape index (κ3) is 3.27. The van der Waals surface area contributed by atoms with Gasteiger partial charge in [0.25, 0.3) is 0 Å². The maximum Gasteiger partial charge on any atom is 0.241 e. The van der Waals surface area contributed by atoms with Crippen LogP contribution >= 0.6 is 0 Å². The number of piperidine rings is 1. The smallest absolute Gasteiger partial charge is 0.241 e. The molecule has 2 N–H and O–H groups in total. The molecule has 0 unspecified atom stereocenters. The Balaban J connectivity index is 1.54. The fraction of sp³-hybridized carbons (Fsp3) is 0.588. The largest absolute Gasteiger partial charge is 0.330 e. The third-order valence-electron chi connectivity index (χ3n) is 4.83. The van der Waals surface area contributed by atoms with Crippen LogP contribution in [-0.2, 0) is 11.2 Å². The molecule has 0 spiro atoms. The normalized spacial score (nSPS) is 19.8. The van der Waals surface area contributed by atoms with Crippen LogP contribution < -0.4 is 10.6 Å². The molecule has 2 heterocycles. The van der Waals surface area contributed by atoms with Gasteiger partial charge >= 0.3 is 0 Å². The highest BCUT2D eigenvalue weighted by Crippen LogP contribution is 2.28. The minimum absolute atomic E-state index is 0.247. The van der Waals surface area contributed by atoms with E-state index in [4.69, 9.17) is 5.73 Å². The second-order valence-electron chi connectivity index (χ2n) is 6.22. The Morgan fingerprint density at radius 1 is 1.19 bits per heavy atom. The average molecular weight is 287 g/mol. The van der Waals surface area contributed by atoms with E-state index < -0.39 is 0 Å². The standard InChI is InChI=1S/C17H25N3O/c18-9-5-14-6-10-19(11-7-14)13-17(21)20-12-8-15-3-1-2-4-16(15)20/h1-4,14H,5-13,18H2. The molecule has 1 amide bonds. The minimum atomic E-state index is 0.247. The van der Waals surface area contributed by atoms with Crippen molar-refractivity contribution in [2.75, 3.05) is 37.6 Å². The zero-order chi connectivity index (χ0) is 14.7. The molecule has 2 aliphatic heterocycles. The molecule has 2 aliphatic rings. The number of nitrogens with two attached hydrogens (primary N) is 1. The zero-order valence-corrected chi connectivity index (χ0v) is 12.6. The number of hydrogen-bond donors (Lipinski definition) is 1. The lowest BCUT2D eigenvalue weighted by Crippen LogP contribution is -2.43. The molecule has 0 saturated carbocycles. The summed E-state index contributed by atoms with van der Waals surface area (Å²) in [5, 5.41) is 0. The highest BCUT2D eigenvalue weighted by Gasteiger charge is 2.27. The van der Waals surface area contributed by atoms with E-state index in [9.17, 15) is 4.79 Å². The minimum Gasteiger partial charge on any atom is -0.330 e. The molecule has 0 radical (unpaired) electrons. The first-order chi connectivity index (χ1) is 10.3. The molecule has 4 nitrogen and oxygen atoms in total. The van der Waals surface area contributed by atoms with Gasteiger partial charge in [0.2, 0.25) is 5.91 Å². The second kappa shape index (κ2) is 6.58. The Labute approximate surface area is 126 Å². The number of para-hydroxylation sites is 1. The molecule has 1 fully saturated rings. The first-order valence-corrected chi connectivity index (χ1v) is 8.08. The number of hydrogen-bond acceptors (Lipinski definition) is 3. The van der Waals surface area contributed by atoms with Crippen LogP contribution in [0.3, 0.4) is 0 Å². The van der Waals surface area contributed by atoms with Crippen molar-refractivity contribution in [1.29, 1.82) is 0 Å². The maximum atomic E-state index is 12.5. The van der Waals surface area contributed by atoms with Crippen molar-refractivity contribution >= 4 is 11.6 Å². The predicted molar refractivity (Wildman–Crippen MR) is 85.3 cm³/mol. The topological polar surface area (TPSA) is 49.6 Å². The van der Waals surface area contributed by atoms with E-state index in [0.29, 0.717) is 6.54 Å². The summed E-state index contributed by atoms with van der Waals surface area (Å²) in [6.07, 6.45) is 4.48. The van der Waals surface area contributed by atoms with Crippen molar-refractivity contribution in [1.82, 2.24) is 4.90 Å². The van der Waals surface area contributed by atoms with Crippen LogP contribution in [0, 0.1) is 5.92 Å². The maximum absolute atomic E-state index is 12.5. The van der Waals surface area contributed by atoms with Gasteiger partial charge in [-0.3, -0.25) is 9.69 Å². The molecule has 4 heteroatoms. The number of amides is 1. The van der Waals surface area contributed by atoms with E-state index in [1.54, 1.807) is 0 Å².